The summed E-state index contributed by atoms with van der Waals surface area (Å²) in [5.74, 6) is -1.13. The minimum Gasteiger partial charge on any atom is -0.394 e. The van der Waals surface area contributed by atoms with Gasteiger partial charge in [0.2, 0.25) is 23.6 Å². The summed E-state index contributed by atoms with van der Waals surface area (Å²) in [4.78, 5) is 47.1. The molecule has 2 aliphatic rings. The van der Waals surface area contributed by atoms with Crippen LogP contribution in [-0.4, -0.2) is 144 Å². The summed E-state index contributed by atoms with van der Waals surface area (Å²) in [6, 6.07) is -1.58. The third-order valence-electron chi connectivity index (χ3n) is 7.31. The lowest BCUT2D eigenvalue weighted by atomic mass is 9.97. The van der Waals surface area contributed by atoms with Crippen molar-refractivity contribution in [3.05, 3.63) is 0 Å². The number of hydrogen-bond donors (Lipinski definition) is 9. The lowest BCUT2D eigenvalue weighted by Crippen LogP contribution is -2.64. The molecule has 4 amide bonds. The Labute approximate surface area is 262 Å². The van der Waals surface area contributed by atoms with Crippen molar-refractivity contribution < 1.29 is 63.7 Å². The first-order valence-corrected chi connectivity index (χ1v) is 15.3. The molecule has 9 N–H and O–H groups in total. The van der Waals surface area contributed by atoms with Gasteiger partial charge in [-0.2, -0.15) is 0 Å². The summed E-state index contributed by atoms with van der Waals surface area (Å²) in [7, 11) is 0. The van der Waals surface area contributed by atoms with E-state index in [1.54, 1.807) is 0 Å². The Balaban J connectivity index is 1.53. The molecular formula is C28H50N4O13. The van der Waals surface area contributed by atoms with Gasteiger partial charge in [-0.15, -0.1) is 0 Å². The van der Waals surface area contributed by atoms with E-state index in [0.29, 0.717) is 25.7 Å². The van der Waals surface area contributed by atoms with Crippen LogP contribution in [0.4, 0.5) is 0 Å². The first-order chi connectivity index (χ1) is 21.5. The summed E-state index contributed by atoms with van der Waals surface area (Å²) < 4.78 is 22.4. The van der Waals surface area contributed by atoms with Gasteiger partial charge in [0.15, 0.2) is 12.6 Å². The predicted octanol–water partition coefficient (Wildman–Crippen LogP) is -3.49. The zero-order valence-corrected chi connectivity index (χ0v) is 25.9. The number of nitrogens with one attached hydrogen (secondary N) is 4. The Kier molecular flexibility index (Phi) is 17.7. The van der Waals surface area contributed by atoms with Crippen molar-refractivity contribution in [2.45, 2.75) is 114 Å². The number of aliphatic hydroxyl groups excluding tert-OH is 5. The number of carbonyl (C=O) groups is 4. The monoisotopic (exact) mass is 650 g/mol. The molecule has 0 aliphatic carbocycles. The number of aliphatic hydroxyl groups is 5. The third kappa shape index (κ3) is 13.8. The SMILES string of the molecule is CC(=O)NC1C[C@@H](O)C(CO)O[C@H]1OCCCCC(=O)NCCNC(=O)CCCCO[C@@H]1OC(CO)[C@H](O)C(O)C1NC(C)=O. The molecule has 2 rings (SSSR count). The van der Waals surface area contributed by atoms with Crippen LogP contribution < -0.4 is 21.3 Å². The van der Waals surface area contributed by atoms with Crippen molar-refractivity contribution in [3.63, 3.8) is 0 Å². The number of amides is 4. The highest BCUT2D eigenvalue weighted by molar-refractivity contribution is 5.77. The fourth-order valence-corrected chi connectivity index (χ4v) is 4.96. The van der Waals surface area contributed by atoms with E-state index >= 15 is 0 Å². The van der Waals surface area contributed by atoms with E-state index in [1.807, 2.05) is 0 Å². The summed E-state index contributed by atoms with van der Waals surface area (Å²) in [5, 5.41) is 59.7. The Morgan fingerprint density at radius 2 is 1.22 bits per heavy atom. The quantitative estimate of drug-likeness (QED) is 0.0616. The van der Waals surface area contributed by atoms with E-state index in [-0.39, 0.29) is 69.9 Å². The molecule has 0 aromatic heterocycles. The molecule has 9 atom stereocenters. The fourth-order valence-electron chi connectivity index (χ4n) is 4.96. The fraction of sp³-hybridized carbons (Fsp3) is 0.857. The van der Waals surface area contributed by atoms with Gasteiger partial charge in [0.1, 0.15) is 30.5 Å². The van der Waals surface area contributed by atoms with Crippen molar-refractivity contribution in [1.29, 1.82) is 0 Å². The molecule has 0 radical (unpaired) electrons. The van der Waals surface area contributed by atoms with Crippen LogP contribution in [-0.2, 0) is 38.1 Å². The zero-order chi connectivity index (χ0) is 33.4. The highest BCUT2D eigenvalue weighted by atomic mass is 16.7. The van der Waals surface area contributed by atoms with E-state index < -0.39 is 67.7 Å². The molecule has 0 aromatic carbocycles. The number of carbonyl (C=O) groups excluding carboxylic acids is 4. The number of hydrogen-bond acceptors (Lipinski definition) is 13. The van der Waals surface area contributed by atoms with Crippen LogP contribution in [0.1, 0.15) is 58.8 Å². The Bertz CT molecular complexity index is 929. The van der Waals surface area contributed by atoms with Crippen molar-refractivity contribution in [2.24, 2.45) is 0 Å². The molecule has 2 fully saturated rings. The highest BCUT2D eigenvalue weighted by Gasteiger charge is 2.45. The van der Waals surface area contributed by atoms with Gasteiger partial charge in [0.05, 0.1) is 25.4 Å². The van der Waals surface area contributed by atoms with Crippen LogP contribution in [0.25, 0.3) is 0 Å². The highest BCUT2D eigenvalue weighted by Crippen LogP contribution is 2.23. The predicted molar refractivity (Wildman–Crippen MR) is 155 cm³/mol. The maximum atomic E-state index is 12.1. The molecule has 17 nitrogen and oxygen atoms in total. The van der Waals surface area contributed by atoms with E-state index in [0.717, 1.165) is 0 Å². The van der Waals surface area contributed by atoms with Gasteiger partial charge in [-0.25, -0.2) is 0 Å². The number of ether oxygens (including phenoxy) is 4. The number of rotatable bonds is 19. The molecule has 2 heterocycles. The van der Waals surface area contributed by atoms with Crippen LogP contribution in [0.5, 0.6) is 0 Å². The minimum atomic E-state index is -1.40. The van der Waals surface area contributed by atoms with Crippen LogP contribution in [0.3, 0.4) is 0 Å². The van der Waals surface area contributed by atoms with E-state index in [9.17, 15) is 44.7 Å². The maximum absolute atomic E-state index is 12.1. The number of unbranched alkanes of at least 4 members (excludes halogenated alkanes) is 2. The normalized spacial score (nSPS) is 29.9. The zero-order valence-electron chi connectivity index (χ0n) is 25.9. The van der Waals surface area contributed by atoms with Crippen LogP contribution >= 0.6 is 0 Å². The topological polar surface area (TPSA) is 254 Å². The molecule has 260 valence electrons. The lowest BCUT2D eigenvalue weighted by molar-refractivity contribution is -0.270. The molecule has 0 aromatic rings. The van der Waals surface area contributed by atoms with Crippen molar-refractivity contribution in [1.82, 2.24) is 21.3 Å². The smallest absolute Gasteiger partial charge is 0.220 e. The van der Waals surface area contributed by atoms with E-state index in [1.165, 1.54) is 13.8 Å². The lowest BCUT2D eigenvalue weighted by Gasteiger charge is -2.42. The molecule has 0 bridgehead atoms. The van der Waals surface area contributed by atoms with Gasteiger partial charge in [-0.3, -0.25) is 19.2 Å². The average molecular weight is 651 g/mol. The van der Waals surface area contributed by atoms with E-state index in [4.69, 9.17) is 18.9 Å². The summed E-state index contributed by atoms with van der Waals surface area (Å²) in [5.41, 5.74) is 0. The Morgan fingerprint density at radius 3 is 1.73 bits per heavy atom. The van der Waals surface area contributed by atoms with Gasteiger partial charge in [-0.05, 0) is 25.7 Å². The Morgan fingerprint density at radius 1 is 0.711 bits per heavy atom. The molecular weight excluding hydrogens is 600 g/mol. The molecule has 0 spiro atoms. The van der Waals surface area contributed by atoms with Crippen molar-refractivity contribution in [3.8, 4) is 0 Å². The van der Waals surface area contributed by atoms with Crippen molar-refractivity contribution >= 4 is 23.6 Å². The summed E-state index contributed by atoms with van der Waals surface area (Å²) in [6.45, 7) is 2.58. The van der Waals surface area contributed by atoms with Gasteiger partial charge in [0.25, 0.3) is 0 Å². The first kappa shape index (κ1) is 38.7. The molecule has 2 aliphatic heterocycles. The second-order valence-corrected chi connectivity index (χ2v) is 11.1. The van der Waals surface area contributed by atoms with Gasteiger partial charge >= 0.3 is 0 Å². The van der Waals surface area contributed by atoms with Gasteiger partial charge in [-0.1, -0.05) is 0 Å². The van der Waals surface area contributed by atoms with Gasteiger partial charge < -0.3 is 65.7 Å². The molecule has 5 unspecified atom stereocenters. The molecule has 45 heavy (non-hydrogen) atoms. The molecule has 17 heteroatoms. The third-order valence-corrected chi connectivity index (χ3v) is 7.31. The minimum absolute atomic E-state index is 0.145. The van der Waals surface area contributed by atoms with E-state index in [2.05, 4.69) is 21.3 Å². The van der Waals surface area contributed by atoms with Gasteiger partial charge in [0, 0.05) is 59.4 Å². The summed E-state index contributed by atoms with van der Waals surface area (Å²) >= 11 is 0. The second kappa shape index (κ2) is 20.6. The van der Waals surface area contributed by atoms with Crippen molar-refractivity contribution in [2.75, 3.05) is 39.5 Å². The van der Waals surface area contributed by atoms with Crippen LogP contribution in [0.15, 0.2) is 0 Å². The van der Waals surface area contributed by atoms with Crippen LogP contribution in [0.2, 0.25) is 0 Å². The molecule has 2 saturated heterocycles. The molecule has 0 saturated carbocycles. The largest absolute Gasteiger partial charge is 0.394 e. The van der Waals surface area contributed by atoms with Crippen LogP contribution in [0, 0.1) is 0 Å². The second-order valence-electron chi connectivity index (χ2n) is 11.1. The average Bonchev–Trinajstić information content (AvgIpc) is 2.98. The first-order valence-electron chi connectivity index (χ1n) is 15.3. The maximum Gasteiger partial charge on any atom is 0.220 e. The summed E-state index contributed by atoms with van der Waals surface area (Å²) in [6.07, 6.45) is -4.84. The standard InChI is InChI=1S/C28H50N4O13/c1-16(35)31-18-13-19(37)20(14-33)44-27(18)42-11-5-3-7-22(38)29-9-10-30-23(39)8-4-6-12-43-28-24(32-17(2)36)26(41)25(40)21(15-34)45-28/h18-21,24-28,33-34,37,40-41H,3-15H2,1-2H3,(H,29,38)(H,30,39)(H,31,35)(H,32,36)/t18?,19-,20?,21?,24?,25+,26?,27-,28-/m1/s1. The Hall–Kier alpha value is -2.48.